The number of nitrogens with one attached hydrogen (secondary N) is 1. The summed E-state index contributed by atoms with van der Waals surface area (Å²) in [5.41, 5.74) is 2.52. The van der Waals surface area contributed by atoms with Crippen molar-refractivity contribution in [3.8, 4) is 11.5 Å². The SMILES string of the molecule is CCc1c(C2CCCNC2)cc(Cl)c(OC)c1OC. The zero-order chi connectivity index (χ0) is 13.8. The van der Waals surface area contributed by atoms with Gasteiger partial charge >= 0.3 is 0 Å². The average Bonchev–Trinajstić information content (AvgIpc) is 2.46. The highest BCUT2D eigenvalue weighted by atomic mass is 35.5. The lowest BCUT2D eigenvalue weighted by Crippen LogP contribution is -2.29. The van der Waals surface area contributed by atoms with Crippen LogP contribution in [0.15, 0.2) is 6.07 Å². The molecule has 1 N–H and O–H groups in total. The molecule has 1 aliphatic rings. The zero-order valence-corrected chi connectivity index (χ0v) is 12.6. The quantitative estimate of drug-likeness (QED) is 0.919. The van der Waals surface area contributed by atoms with Crippen molar-refractivity contribution in [3.63, 3.8) is 0 Å². The van der Waals surface area contributed by atoms with Crippen LogP contribution in [0.2, 0.25) is 5.02 Å². The molecule has 1 aromatic carbocycles. The van der Waals surface area contributed by atoms with Crippen LogP contribution < -0.4 is 14.8 Å². The van der Waals surface area contributed by atoms with Crippen molar-refractivity contribution < 1.29 is 9.47 Å². The van der Waals surface area contributed by atoms with Gasteiger partial charge in [-0.25, -0.2) is 0 Å². The third-order valence-electron chi connectivity index (χ3n) is 3.83. The fraction of sp³-hybridized carbons (Fsp3) is 0.600. The number of rotatable bonds is 4. The lowest BCUT2D eigenvalue weighted by Gasteiger charge is -2.27. The molecule has 106 valence electrons. The average molecular weight is 284 g/mol. The fourth-order valence-corrected chi connectivity index (χ4v) is 3.20. The van der Waals surface area contributed by atoms with Gasteiger partial charge in [0.1, 0.15) is 0 Å². The van der Waals surface area contributed by atoms with Crippen LogP contribution in [0.3, 0.4) is 0 Å². The minimum absolute atomic E-state index is 0.515. The first kappa shape index (κ1) is 14.5. The van der Waals surface area contributed by atoms with Crippen LogP contribution in [0, 0.1) is 0 Å². The molecule has 0 radical (unpaired) electrons. The van der Waals surface area contributed by atoms with E-state index in [2.05, 4.69) is 18.3 Å². The van der Waals surface area contributed by atoms with E-state index >= 15 is 0 Å². The van der Waals surface area contributed by atoms with Gasteiger partial charge in [-0.1, -0.05) is 18.5 Å². The van der Waals surface area contributed by atoms with E-state index in [9.17, 15) is 0 Å². The second-order valence-corrected chi connectivity index (χ2v) is 5.30. The van der Waals surface area contributed by atoms with E-state index in [1.54, 1.807) is 14.2 Å². The van der Waals surface area contributed by atoms with Gasteiger partial charge < -0.3 is 14.8 Å². The third kappa shape index (κ3) is 2.82. The first-order valence-corrected chi connectivity index (χ1v) is 7.24. The Bertz CT molecular complexity index is 442. The largest absolute Gasteiger partial charge is 0.493 e. The Morgan fingerprint density at radius 3 is 2.58 bits per heavy atom. The number of ether oxygens (including phenoxy) is 2. The summed E-state index contributed by atoms with van der Waals surface area (Å²) in [6, 6.07) is 2.05. The second-order valence-electron chi connectivity index (χ2n) is 4.89. The lowest BCUT2D eigenvalue weighted by molar-refractivity contribution is 0.350. The molecular formula is C15H22ClNO2. The Hall–Kier alpha value is -0.930. The van der Waals surface area contributed by atoms with Gasteiger partial charge in [-0.15, -0.1) is 0 Å². The van der Waals surface area contributed by atoms with Crippen molar-refractivity contribution in [2.75, 3.05) is 27.3 Å². The molecule has 1 fully saturated rings. The minimum Gasteiger partial charge on any atom is -0.493 e. The predicted molar refractivity (Wildman–Crippen MR) is 78.8 cm³/mol. The second kappa shape index (κ2) is 6.49. The van der Waals surface area contributed by atoms with Gasteiger partial charge in [0.05, 0.1) is 19.2 Å². The Morgan fingerprint density at radius 2 is 2.05 bits per heavy atom. The number of piperidine rings is 1. The maximum Gasteiger partial charge on any atom is 0.179 e. The van der Waals surface area contributed by atoms with E-state index in [-0.39, 0.29) is 0 Å². The van der Waals surface area contributed by atoms with Crippen molar-refractivity contribution in [3.05, 3.63) is 22.2 Å². The molecule has 0 aliphatic carbocycles. The number of hydrogen-bond donors (Lipinski definition) is 1. The number of halogens is 1. The maximum atomic E-state index is 6.34. The molecule has 0 amide bonds. The van der Waals surface area contributed by atoms with E-state index in [4.69, 9.17) is 21.1 Å². The van der Waals surface area contributed by atoms with Gasteiger partial charge in [0, 0.05) is 12.1 Å². The molecule has 2 rings (SSSR count). The lowest BCUT2D eigenvalue weighted by atomic mass is 9.87. The Morgan fingerprint density at radius 1 is 1.32 bits per heavy atom. The van der Waals surface area contributed by atoms with E-state index in [0.29, 0.717) is 16.7 Å². The van der Waals surface area contributed by atoms with Crippen molar-refractivity contribution >= 4 is 11.6 Å². The molecule has 1 unspecified atom stereocenters. The van der Waals surface area contributed by atoms with Crippen LogP contribution >= 0.6 is 11.6 Å². The van der Waals surface area contributed by atoms with Crippen LogP contribution in [-0.4, -0.2) is 27.3 Å². The molecule has 0 spiro atoms. The van der Waals surface area contributed by atoms with Crippen molar-refractivity contribution in [2.45, 2.75) is 32.1 Å². The highest BCUT2D eigenvalue weighted by Gasteiger charge is 2.24. The highest BCUT2D eigenvalue weighted by Crippen LogP contribution is 2.43. The first-order chi connectivity index (χ1) is 9.22. The van der Waals surface area contributed by atoms with Gasteiger partial charge in [0.2, 0.25) is 0 Å². The Labute approximate surface area is 120 Å². The van der Waals surface area contributed by atoms with Gasteiger partial charge in [0.25, 0.3) is 0 Å². The summed E-state index contributed by atoms with van der Waals surface area (Å²) in [6.07, 6.45) is 3.33. The van der Waals surface area contributed by atoms with Crippen molar-refractivity contribution in [1.82, 2.24) is 5.32 Å². The number of hydrogen-bond acceptors (Lipinski definition) is 3. The number of benzene rings is 1. The van der Waals surface area contributed by atoms with Gasteiger partial charge in [-0.05, 0) is 43.4 Å². The van der Waals surface area contributed by atoms with Gasteiger partial charge in [0.15, 0.2) is 11.5 Å². The topological polar surface area (TPSA) is 30.5 Å². The molecule has 1 heterocycles. The summed E-state index contributed by atoms with van der Waals surface area (Å²) in [6.45, 7) is 4.27. The van der Waals surface area contributed by atoms with Crippen molar-refractivity contribution in [1.29, 1.82) is 0 Å². The van der Waals surface area contributed by atoms with E-state index in [1.165, 1.54) is 24.0 Å². The van der Waals surface area contributed by atoms with E-state index in [1.807, 2.05) is 0 Å². The van der Waals surface area contributed by atoms with Gasteiger partial charge in [-0.2, -0.15) is 0 Å². The third-order valence-corrected chi connectivity index (χ3v) is 4.11. The predicted octanol–water partition coefficient (Wildman–Crippen LogP) is 3.39. The van der Waals surface area contributed by atoms with Crippen LogP contribution in [0.5, 0.6) is 11.5 Å². The minimum atomic E-state index is 0.515. The van der Waals surface area contributed by atoms with Crippen LogP contribution in [0.25, 0.3) is 0 Å². The number of methoxy groups -OCH3 is 2. The molecule has 0 bridgehead atoms. The molecular weight excluding hydrogens is 262 g/mol. The van der Waals surface area contributed by atoms with Crippen molar-refractivity contribution in [2.24, 2.45) is 0 Å². The maximum absolute atomic E-state index is 6.34. The molecule has 19 heavy (non-hydrogen) atoms. The Balaban J connectivity index is 2.50. The summed E-state index contributed by atoms with van der Waals surface area (Å²) in [5, 5.41) is 4.09. The zero-order valence-electron chi connectivity index (χ0n) is 11.9. The molecule has 0 saturated carbocycles. The molecule has 3 nitrogen and oxygen atoms in total. The van der Waals surface area contributed by atoms with E-state index in [0.717, 1.165) is 25.3 Å². The smallest absolute Gasteiger partial charge is 0.179 e. The molecule has 4 heteroatoms. The molecule has 1 aromatic rings. The summed E-state index contributed by atoms with van der Waals surface area (Å²) < 4.78 is 10.9. The van der Waals surface area contributed by atoms with Gasteiger partial charge in [-0.3, -0.25) is 0 Å². The van der Waals surface area contributed by atoms with E-state index < -0.39 is 0 Å². The molecule has 1 atom stereocenters. The van der Waals surface area contributed by atoms with Crippen LogP contribution in [0.1, 0.15) is 36.8 Å². The Kier molecular flexibility index (Phi) is 4.94. The molecule has 1 aliphatic heterocycles. The fourth-order valence-electron chi connectivity index (χ4n) is 2.92. The summed E-state index contributed by atoms with van der Waals surface area (Å²) >= 11 is 6.34. The summed E-state index contributed by atoms with van der Waals surface area (Å²) in [4.78, 5) is 0. The van der Waals surface area contributed by atoms with Crippen LogP contribution in [-0.2, 0) is 6.42 Å². The first-order valence-electron chi connectivity index (χ1n) is 6.86. The van der Waals surface area contributed by atoms with Crippen LogP contribution in [0.4, 0.5) is 0 Å². The summed E-state index contributed by atoms with van der Waals surface area (Å²) in [7, 11) is 3.31. The standard InChI is InChI=1S/C15H22ClNO2/c1-4-11-12(10-6-5-7-17-9-10)8-13(16)15(19-3)14(11)18-2/h8,10,17H,4-7,9H2,1-3H3. The molecule has 1 saturated heterocycles. The normalized spacial score (nSPS) is 19.3. The monoisotopic (exact) mass is 283 g/mol. The summed E-state index contributed by atoms with van der Waals surface area (Å²) in [5.74, 6) is 1.95. The molecule has 0 aromatic heterocycles. The highest BCUT2D eigenvalue weighted by molar-refractivity contribution is 6.32.